The second kappa shape index (κ2) is 57.4. The first-order valence-corrected chi connectivity index (χ1v) is 29.5. The van der Waals surface area contributed by atoms with Gasteiger partial charge in [-0.25, -0.2) is 0 Å². The number of carbonyl (C=O) groups excluding carboxylic acids is 2. The molecule has 0 aromatic rings. The predicted octanol–water partition coefficient (Wildman–Crippen LogP) is 20.1. The first-order valence-electron chi connectivity index (χ1n) is 29.5. The normalized spacial score (nSPS) is 12.3. The molecule has 66 heavy (non-hydrogen) atoms. The molecule has 0 radical (unpaired) electrons. The van der Waals surface area contributed by atoms with Crippen LogP contribution in [0.2, 0.25) is 0 Å². The Morgan fingerprint density at radius 1 is 0.333 bits per heavy atom. The molecule has 1 unspecified atom stereocenters. The van der Waals surface area contributed by atoms with E-state index in [4.69, 9.17) is 14.2 Å². The van der Waals surface area contributed by atoms with E-state index in [0.717, 1.165) is 51.4 Å². The Morgan fingerprint density at radius 3 is 1.05 bits per heavy atom. The van der Waals surface area contributed by atoms with Crippen LogP contribution in [0.3, 0.4) is 0 Å². The summed E-state index contributed by atoms with van der Waals surface area (Å²) in [4.78, 5) is 25.5. The zero-order chi connectivity index (χ0) is 47.7. The number of carbonyl (C=O) groups is 2. The van der Waals surface area contributed by atoms with Gasteiger partial charge >= 0.3 is 11.9 Å². The van der Waals surface area contributed by atoms with Crippen molar-refractivity contribution in [1.29, 1.82) is 0 Å². The molecule has 0 bridgehead atoms. The van der Waals surface area contributed by atoms with Crippen LogP contribution in [-0.2, 0) is 23.8 Å². The second-order valence-electron chi connectivity index (χ2n) is 19.9. The summed E-state index contributed by atoms with van der Waals surface area (Å²) in [6.45, 7) is 7.85. The Balaban J connectivity index is 4.24. The summed E-state index contributed by atoms with van der Waals surface area (Å²) in [6, 6.07) is 0. The number of rotatable bonds is 55. The van der Waals surface area contributed by atoms with Crippen LogP contribution in [0.25, 0.3) is 0 Å². The van der Waals surface area contributed by atoms with Gasteiger partial charge in [-0.2, -0.15) is 0 Å². The van der Waals surface area contributed by atoms with E-state index in [-0.39, 0.29) is 25.2 Å². The van der Waals surface area contributed by atoms with Crippen molar-refractivity contribution in [3.8, 4) is 0 Å². The van der Waals surface area contributed by atoms with Crippen molar-refractivity contribution >= 4 is 11.9 Å². The van der Waals surface area contributed by atoms with E-state index in [1.807, 2.05) is 0 Å². The first kappa shape index (κ1) is 64.1. The largest absolute Gasteiger partial charge is 0.462 e. The lowest BCUT2D eigenvalue weighted by molar-refractivity contribution is -0.163. The van der Waals surface area contributed by atoms with Gasteiger partial charge < -0.3 is 14.2 Å². The van der Waals surface area contributed by atoms with Gasteiger partial charge in [-0.1, -0.05) is 263 Å². The lowest BCUT2D eigenvalue weighted by atomic mass is 10.0. The molecule has 1 atom stereocenters. The van der Waals surface area contributed by atoms with Crippen LogP contribution in [-0.4, -0.2) is 37.9 Å². The number of allylic oxidation sites excluding steroid dienone is 6. The van der Waals surface area contributed by atoms with E-state index >= 15 is 0 Å². The molecule has 0 aromatic carbocycles. The van der Waals surface area contributed by atoms with Gasteiger partial charge in [0.25, 0.3) is 0 Å². The van der Waals surface area contributed by atoms with Gasteiger partial charge in [0, 0.05) is 19.4 Å². The maximum Gasteiger partial charge on any atom is 0.306 e. The molecule has 0 N–H and O–H groups in total. The third-order valence-corrected chi connectivity index (χ3v) is 13.1. The summed E-state index contributed by atoms with van der Waals surface area (Å²) in [5.74, 6) is -0.396. The average Bonchev–Trinajstić information content (AvgIpc) is 3.32. The lowest BCUT2D eigenvalue weighted by Gasteiger charge is -2.18. The zero-order valence-corrected chi connectivity index (χ0v) is 44.7. The van der Waals surface area contributed by atoms with Crippen molar-refractivity contribution in [1.82, 2.24) is 0 Å². The molecule has 5 nitrogen and oxygen atoms in total. The topological polar surface area (TPSA) is 61.8 Å². The second-order valence-corrected chi connectivity index (χ2v) is 19.9. The lowest BCUT2D eigenvalue weighted by Crippen LogP contribution is -2.30. The smallest absolute Gasteiger partial charge is 0.306 e. The molecule has 0 saturated heterocycles. The van der Waals surface area contributed by atoms with Crippen LogP contribution in [0.15, 0.2) is 36.5 Å². The minimum absolute atomic E-state index is 0.0839. The summed E-state index contributed by atoms with van der Waals surface area (Å²) in [5.41, 5.74) is 0. The molecule has 0 aliphatic carbocycles. The summed E-state index contributed by atoms with van der Waals surface area (Å²) in [6.07, 6.45) is 70.2. The minimum atomic E-state index is -0.540. The molecule has 0 spiro atoms. The number of unbranched alkanes of at least 4 members (excludes halogenated alkanes) is 38. The molecule has 0 aliphatic heterocycles. The standard InChI is InChI=1S/C61H114O5/c1-4-7-10-13-16-19-22-25-28-30-31-32-34-36-39-42-45-48-51-54-60(62)65-58-59(57-64-56-53-50-47-44-41-38-35-29-26-23-20-17-14-11-8-5-2)66-61(63)55-52-49-46-43-40-37-33-27-24-21-18-15-12-9-6-3/h18,21,25,27-28,33,59H,4-17,19-20,22-24,26,29-32,34-58H2,1-3H3/b21-18-,28-25-,33-27-. The Hall–Kier alpha value is -1.88. The predicted molar refractivity (Wildman–Crippen MR) is 288 cm³/mol. The van der Waals surface area contributed by atoms with Gasteiger partial charge in [-0.15, -0.1) is 0 Å². The molecule has 0 heterocycles. The molecule has 0 fully saturated rings. The van der Waals surface area contributed by atoms with Gasteiger partial charge in [0.05, 0.1) is 6.61 Å². The van der Waals surface area contributed by atoms with Crippen molar-refractivity contribution in [2.75, 3.05) is 19.8 Å². The highest BCUT2D eigenvalue weighted by Crippen LogP contribution is 2.16. The fraction of sp³-hybridized carbons (Fsp3) is 0.869. The molecular weight excluding hydrogens is 813 g/mol. The van der Waals surface area contributed by atoms with Gasteiger partial charge in [0.15, 0.2) is 6.10 Å². The number of hydrogen-bond donors (Lipinski definition) is 0. The Morgan fingerprint density at radius 2 is 0.636 bits per heavy atom. The molecular formula is C61H114O5. The van der Waals surface area contributed by atoms with Crippen molar-refractivity contribution in [2.45, 2.75) is 322 Å². The monoisotopic (exact) mass is 927 g/mol. The highest BCUT2D eigenvalue weighted by atomic mass is 16.6. The highest BCUT2D eigenvalue weighted by molar-refractivity contribution is 5.70. The number of esters is 2. The maximum absolute atomic E-state index is 12.8. The fourth-order valence-electron chi connectivity index (χ4n) is 8.71. The SMILES string of the molecule is CCCCC/C=C\C/C=C\CCCCCCCC(=O)OC(COCCCCCCCCCCCCCCCCCC)COC(=O)CCCCCCCCCCC/C=C\CCCCCCCC. The molecule has 5 heteroatoms. The van der Waals surface area contributed by atoms with Crippen LogP contribution < -0.4 is 0 Å². The third-order valence-electron chi connectivity index (χ3n) is 13.1. The van der Waals surface area contributed by atoms with Crippen LogP contribution in [0.5, 0.6) is 0 Å². The van der Waals surface area contributed by atoms with Crippen LogP contribution in [0.4, 0.5) is 0 Å². The van der Waals surface area contributed by atoms with E-state index < -0.39 is 6.10 Å². The van der Waals surface area contributed by atoms with Crippen LogP contribution >= 0.6 is 0 Å². The maximum atomic E-state index is 12.8. The summed E-state index contributed by atoms with van der Waals surface area (Å²) < 4.78 is 17.5. The van der Waals surface area contributed by atoms with Gasteiger partial charge in [-0.3, -0.25) is 9.59 Å². The Bertz CT molecular complexity index is 1050. The minimum Gasteiger partial charge on any atom is -0.462 e. The van der Waals surface area contributed by atoms with E-state index in [1.54, 1.807) is 0 Å². The van der Waals surface area contributed by atoms with Gasteiger partial charge in [0.2, 0.25) is 0 Å². The molecule has 0 aromatic heterocycles. The Kier molecular flexibility index (Phi) is 55.8. The quantitative estimate of drug-likeness (QED) is 0.0345. The summed E-state index contributed by atoms with van der Waals surface area (Å²) in [7, 11) is 0. The molecule has 0 saturated carbocycles. The highest BCUT2D eigenvalue weighted by Gasteiger charge is 2.17. The molecule has 388 valence electrons. The van der Waals surface area contributed by atoms with E-state index in [0.29, 0.717) is 19.4 Å². The van der Waals surface area contributed by atoms with Crippen LogP contribution in [0.1, 0.15) is 316 Å². The average molecular weight is 928 g/mol. The third kappa shape index (κ3) is 54.7. The van der Waals surface area contributed by atoms with Crippen molar-refractivity contribution < 1.29 is 23.8 Å². The van der Waals surface area contributed by atoms with E-state index in [2.05, 4.69) is 57.2 Å². The summed E-state index contributed by atoms with van der Waals surface area (Å²) >= 11 is 0. The molecule has 0 aliphatic rings. The number of hydrogen-bond acceptors (Lipinski definition) is 5. The zero-order valence-electron chi connectivity index (χ0n) is 44.7. The Labute approximate surface area is 412 Å². The van der Waals surface area contributed by atoms with E-state index in [9.17, 15) is 9.59 Å². The van der Waals surface area contributed by atoms with E-state index in [1.165, 1.54) is 231 Å². The molecule has 0 rings (SSSR count). The van der Waals surface area contributed by atoms with Gasteiger partial charge in [-0.05, 0) is 77.0 Å². The van der Waals surface area contributed by atoms with Crippen molar-refractivity contribution in [2.24, 2.45) is 0 Å². The summed E-state index contributed by atoms with van der Waals surface area (Å²) in [5, 5.41) is 0. The van der Waals surface area contributed by atoms with Crippen LogP contribution in [0, 0.1) is 0 Å². The fourth-order valence-corrected chi connectivity index (χ4v) is 8.71. The molecule has 0 amide bonds. The number of ether oxygens (including phenoxy) is 3. The first-order chi connectivity index (χ1) is 32.6. The van der Waals surface area contributed by atoms with Gasteiger partial charge in [0.1, 0.15) is 6.61 Å². The van der Waals surface area contributed by atoms with Crippen molar-refractivity contribution in [3.05, 3.63) is 36.5 Å². The van der Waals surface area contributed by atoms with Crippen molar-refractivity contribution in [3.63, 3.8) is 0 Å².